The molecule has 0 aliphatic heterocycles. The molecule has 22 heavy (non-hydrogen) atoms. The number of carbonyl (C=O) groups is 1. The van der Waals surface area contributed by atoms with E-state index in [4.69, 9.17) is 23.2 Å². The zero-order valence-corrected chi connectivity index (χ0v) is 13.0. The van der Waals surface area contributed by atoms with Gasteiger partial charge in [-0.15, -0.1) is 0 Å². The van der Waals surface area contributed by atoms with Gasteiger partial charge in [0.15, 0.2) is 5.78 Å². The largest absolute Gasteiger partial charge is 0.348 e. The van der Waals surface area contributed by atoms with Gasteiger partial charge in [-0.25, -0.2) is 4.98 Å². The van der Waals surface area contributed by atoms with Gasteiger partial charge in [0.25, 0.3) is 0 Å². The number of hydrogen-bond donors (Lipinski definition) is 1. The molecule has 0 amide bonds. The van der Waals surface area contributed by atoms with E-state index in [1.165, 1.54) is 0 Å². The fourth-order valence-corrected chi connectivity index (χ4v) is 2.69. The highest BCUT2D eigenvalue weighted by Gasteiger charge is 2.14. The monoisotopic (exact) mass is 330 g/mol. The molecule has 1 N–H and O–H groups in total. The van der Waals surface area contributed by atoms with Crippen LogP contribution in [0.5, 0.6) is 0 Å². The van der Waals surface area contributed by atoms with Gasteiger partial charge in [-0.3, -0.25) is 4.79 Å². The summed E-state index contributed by atoms with van der Waals surface area (Å²) in [5.41, 5.74) is 2.26. The first kappa shape index (κ1) is 14.8. The summed E-state index contributed by atoms with van der Waals surface area (Å²) in [6, 6.07) is 14.6. The Labute approximate surface area is 137 Å². The molecule has 0 fully saturated rings. The normalized spacial score (nSPS) is 10.6. The molecule has 0 spiro atoms. The van der Waals surface area contributed by atoms with Crippen LogP contribution in [0.3, 0.4) is 0 Å². The Balaban J connectivity index is 1.79. The molecule has 0 radical (unpaired) electrons. The minimum absolute atomic E-state index is 0.101. The summed E-state index contributed by atoms with van der Waals surface area (Å²) in [5, 5.41) is 0.859. The molecule has 0 saturated heterocycles. The Kier molecular flexibility index (Phi) is 4.27. The highest BCUT2D eigenvalue weighted by Crippen LogP contribution is 2.23. The molecule has 1 heterocycles. The number of nitrogens with zero attached hydrogens (tertiary/aromatic N) is 1. The number of aromatic amines is 1. The number of ketones is 1. The van der Waals surface area contributed by atoms with E-state index in [0.29, 0.717) is 21.4 Å². The molecular formula is C17H12Cl2N2O. The maximum Gasteiger partial charge on any atom is 0.171 e. The van der Waals surface area contributed by atoms with E-state index in [1.54, 1.807) is 24.4 Å². The quantitative estimate of drug-likeness (QED) is 0.698. The summed E-state index contributed by atoms with van der Waals surface area (Å²) in [6.45, 7) is 0. The van der Waals surface area contributed by atoms with Gasteiger partial charge in [-0.05, 0) is 18.2 Å². The molecule has 2 aromatic carbocycles. The van der Waals surface area contributed by atoms with Gasteiger partial charge in [-0.1, -0.05) is 53.5 Å². The second-order valence-corrected chi connectivity index (χ2v) is 5.67. The van der Waals surface area contributed by atoms with Crippen molar-refractivity contribution in [1.82, 2.24) is 9.97 Å². The van der Waals surface area contributed by atoms with Crippen LogP contribution in [0.1, 0.15) is 16.2 Å². The Bertz CT molecular complexity index is 813. The van der Waals surface area contributed by atoms with E-state index in [0.717, 1.165) is 11.3 Å². The van der Waals surface area contributed by atoms with Crippen molar-refractivity contribution in [3.63, 3.8) is 0 Å². The van der Waals surface area contributed by atoms with Crippen LogP contribution in [0.4, 0.5) is 0 Å². The number of nitrogens with one attached hydrogen (secondary N) is 1. The van der Waals surface area contributed by atoms with E-state index in [2.05, 4.69) is 9.97 Å². The topological polar surface area (TPSA) is 45.8 Å². The summed E-state index contributed by atoms with van der Waals surface area (Å²) in [4.78, 5) is 19.8. The van der Waals surface area contributed by atoms with Gasteiger partial charge in [0.1, 0.15) is 5.82 Å². The molecule has 1 aromatic heterocycles. The lowest BCUT2D eigenvalue weighted by atomic mass is 10.1. The van der Waals surface area contributed by atoms with Crippen molar-refractivity contribution in [2.45, 2.75) is 6.42 Å². The van der Waals surface area contributed by atoms with E-state index in [1.807, 2.05) is 30.3 Å². The molecule has 0 unspecified atom stereocenters. The minimum Gasteiger partial charge on any atom is -0.348 e. The second kappa shape index (κ2) is 6.34. The molecule has 3 aromatic rings. The molecule has 0 atom stereocenters. The van der Waals surface area contributed by atoms with Gasteiger partial charge in [-0.2, -0.15) is 0 Å². The molecule has 110 valence electrons. The zero-order valence-electron chi connectivity index (χ0n) is 11.5. The lowest BCUT2D eigenvalue weighted by Crippen LogP contribution is -2.05. The van der Waals surface area contributed by atoms with Crippen molar-refractivity contribution in [2.24, 2.45) is 0 Å². The molecule has 5 heteroatoms. The van der Waals surface area contributed by atoms with Crippen LogP contribution < -0.4 is 0 Å². The predicted octanol–water partition coefficient (Wildman–Crippen LogP) is 4.81. The fourth-order valence-electron chi connectivity index (χ4n) is 2.17. The average molecular weight is 331 g/mol. The highest BCUT2D eigenvalue weighted by molar-refractivity contribution is 6.36. The van der Waals surface area contributed by atoms with Gasteiger partial charge in [0.2, 0.25) is 0 Å². The summed E-state index contributed by atoms with van der Waals surface area (Å²) in [6.07, 6.45) is 1.95. The molecule has 3 rings (SSSR count). The predicted molar refractivity (Wildman–Crippen MR) is 88.5 cm³/mol. The van der Waals surface area contributed by atoms with Gasteiger partial charge >= 0.3 is 0 Å². The number of imidazole rings is 1. The minimum atomic E-state index is -0.101. The number of carbonyl (C=O) groups excluding carboxylic acids is 1. The van der Waals surface area contributed by atoms with Crippen LogP contribution in [-0.4, -0.2) is 15.8 Å². The number of rotatable bonds is 4. The maximum atomic E-state index is 12.3. The van der Waals surface area contributed by atoms with Crippen LogP contribution in [0.2, 0.25) is 10.0 Å². The lowest BCUT2D eigenvalue weighted by Gasteiger charge is -2.02. The lowest BCUT2D eigenvalue weighted by molar-refractivity contribution is 0.0991. The first-order valence-corrected chi connectivity index (χ1v) is 7.47. The summed E-state index contributed by atoms with van der Waals surface area (Å²) >= 11 is 11.9. The first-order valence-electron chi connectivity index (χ1n) is 6.71. The van der Waals surface area contributed by atoms with Crippen molar-refractivity contribution in [3.05, 3.63) is 76.2 Å². The Hall–Kier alpha value is -2.10. The smallest absolute Gasteiger partial charge is 0.171 e. The van der Waals surface area contributed by atoms with E-state index in [-0.39, 0.29) is 12.2 Å². The van der Waals surface area contributed by atoms with E-state index in [9.17, 15) is 4.79 Å². The molecule has 0 aliphatic rings. The third-order valence-corrected chi connectivity index (χ3v) is 3.81. The SMILES string of the molecule is O=C(Cc1nc(-c2ccccc2)c[nH]1)c1ccc(Cl)cc1Cl. The van der Waals surface area contributed by atoms with Crippen molar-refractivity contribution < 1.29 is 4.79 Å². The fraction of sp³-hybridized carbons (Fsp3) is 0.0588. The number of benzene rings is 2. The van der Waals surface area contributed by atoms with Crippen LogP contribution in [-0.2, 0) is 6.42 Å². The highest BCUT2D eigenvalue weighted by atomic mass is 35.5. The van der Waals surface area contributed by atoms with Crippen molar-refractivity contribution in [1.29, 1.82) is 0 Å². The Morgan fingerprint density at radius 1 is 1.09 bits per heavy atom. The van der Waals surface area contributed by atoms with E-state index >= 15 is 0 Å². The first-order chi connectivity index (χ1) is 10.6. The van der Waals surface area contributed by atoms with Crippen molar-refractivity contribution in [2.75, 3.05) is 0 Å². The third kappa shape index (κ3) is 3.21. The van der Waals surface area contributed by atoms with Gasteiger partial charge in [0, 0.05) is 22.3 Å². The number of aromatic nitrogens is 2. The third-order valence-electron chi connectivity index (χ3n) is 3.26. The average Bonchev–Trinajstić information content (AvgIpc) is 2.96. The number of Topliss-reactive ketones (excluding diaryl/α,β-unsaturated/α-hetero) is 1. The number of halogens is 2. The van der Waals surface area contributed by atoms with Crippen LogP contribution in [0.25, 0.3) is 11.3 Å². The molecule has 0 aliphatic carbocycles. The zero-order chi connectivity index (χ0) is 15.5. The molecular weight excluding hydrogens is 319 g/mol. The number of H-pyrrole nitrogens is 1. The Morgan fingerprint density at radius 2 is 1.86 bits per heavy atom. The molecule has 3 nitrogen and oxygen atoms in total. The number of hydrogen-bond acceptors (Lipinski definition) is 2. The molecule has 0 saturated carbocycles. The van der Waals surface area contributed by atoms with Crippen molar-refractivity contribution >= 4 is 29.0 Å². The maximum absolute atomic E-state index is 12.3. The van der Waals surface area contributed by atoms with Gasteiger partial charge < -0.3 is 4.98 Å². The van der Waals surface area contributed by atoms with Gasteiger partial charge in [0.05, 0.1) is 17.1 Å². The standard InChI is InChI=1S/C17H12Cl2N2O/c18-12-6-7-13(14(19)8-12)16(22)9-17-20-10-15(21-17)11-4-2-1-3-5-11/h1-8,10H,9H2,(H,20,21). The second-order valence-electron chi connectivity index (χ2n) is 4.82. The van der Waals surface area contributed by atoms with Crippen LogP contribution in [0.15, 0.2) is 54.7 Å². The summed E-state index contributed by atoms with van der Waals surface area (Å²) in [7, 11) is 0. The summed E-state index contributed by atoms with van der Waals surface area (Å²) in [5.74, 6) is 0.505. The van der Waals surface area contributed by atoms with Crippen LogP contribution >= 0.6 is 23.2 Å². The van der Waals surface area contributed by atoms with Crippen LogP contribution in [0, 0.1) is 0 Å². The summed E-state index contributed by atoms with van der Waals surface area (Å²) < 4.78 is 0. The van der Waals surface area contributed by atoms with Crippen molar-refractivity contribution in [3.8, 4) is 11.3 Å². The Morgan fingerprint density at radius 3 is 2.59 bits per heavy atom. The van der Waals surface area contributed by atoms with E-state index < -0.39 is 0 Å². The molecule has 0 bridgehead atoms.